The zero-order valence-electron chi connectivity index (χ0n) is 9.57. The molecule has 0 atom stereocenters. The molecule has 1 heterocycles. The summed E-state index contributed by atoms with van der Waals surface area (Å²) in [6.07, 6.45) is 0.889. The van der Waals surface area contributed by atoms with Crippen molar-refractivity contribution in [2.45, 2.75) is 6.42 Å². The maximum absolute atomic E-state index is 13.5. The minimum absolute atomic E-state index is 0.254. The molecule has 0 fully saturated rings. The highest BCUT2D eigenvalue weighted by molar-refractivity contribution is 7.07. The summed E-state index contributed by atoms with van der Waals surface area (Å²) in [5.74, 6) is 0.403. The molecule has 4 heteroatoms. The summed E-state index contributed by atoms with van der Waals surface area (Å²) < 4.78 is 18.5. The van der Waals surface area contributed by atoms with Gasteiger partial charge >= 0.3 is 0 Å². The Morgan fingerprint density at radius 3 is 2.94 bits per heavy atom. The molecule has 0 aliphatic rings. The molecule has 1 aromatic carbocycles. The highest BCUT2D eigenvalue weighted by Gasteiger charge is 2.03. The van der Waals surface area contributed by atoms with Gasteiger partial charge in [-0.15, -0.1) is 0 Å². The lowest BCUT2D eigenvalue weighted by atomic mass is 10.2. The van der Waals surface area contributed by atoms with Gasteiger partial charge in [0, 0.05) is 12.6 Å². The highest BCUT2D eigenvalue weighted by Crippen LogP contribution is 2.21. The molecule has 1 aromatic heterocycles. The van der Waals surface area contributed by atoms with E-state index in [0.29, 0.717) is 18.0 Å². The monoisotopic (exact) mass is 251 g/mol. The first-order chi connectivity index (χ1) is 8.29. The Balaban J connectivity index is 1.94. The van der Waals surface area contributed by atoms with Crippen LogP contribution in [0.1, 0.15) is 5.56 Å². The van der Waals surface area contributed by atoms with E-state index in [9.17, 15) is 4.39 Å². The number of thiophene rings is 1. The largest absolute Gasteiger partial charge is 0.497 e. The zero-order valence-corrected chi connectivity index (χ0v) is 10.4. The van der Waals surface area contributed by atoms with Crippen LogP contribution in [-0.4, -0.2) is 13.7 Å². The fraction of sp³-hybridized carbons (Fsp3) is 0.231. The third kappa shape index (κ3) is 3.20. The Kier molecular flexibility index (Phi) is 3.98. The summed E-state index contributed by atoms with van der Waals surface area (Å²) >= 11 is 1.67. The summed E-state index contributed by atoms with van der Waals surface area (Å²) in [7, 11) is 1.57. The van der Waals surface area contributed by atoms with Crippen LogP contribution in [-0.2, 0) is 6.42 Å². The third-order valence-corrected chi connectivity index (χ3v) is 3.21. The highest BCUT2D eigenvalue weighted by atomic mass is 32.1. The van der Waals surface area contributed by atoms with E-state index >= 15 is 0 Å². The second-order valence-electron chi connectivity index (χ2n) is 3.65. The van der Waals surface area contributed by atoms with Gasteiger partial charge in [-0.05, 0) is 40.9 Å². The fourth-order valence-corrected chi connectivity index (χ4v) is 2.25. The van der Waals surface area contributed by atoms with Gasteiger partial charge in [-0.3, -0.25) is 0 Å². The summed E-state index contributed by atoms with van der Waals surface area (Å²) in [6, 6.07) is 6.77. The van der Waals surface area contributed by atoms with Crippen molar-refractivity contribution in [3.63, 3.8) is 0 Å². The van der Waals surface area contributed by atoms with Crippen molar-refractivity contribution in [3.8, 4) is 5.75 Å². The van der Waals surface area contributed by atoms with Crippen LogP contribution in [0.2, 0.25) is 0 Å². The molecular weight excluding hydrogens is 237 g/mol. The standard InChI is InChI=1S/C13H14FNOS/c1-16-11-2-3-12(14)13(8-11)15-6-4-10-5-7-17-9-10/h2-3,5,7-9,15H,4,6H2,1H3. The Labute approximate surface area is 104 Å². The van der Waals surface area contributed by atoms with Crippen LogP contribution in [0, 0.1) is 5.82 Å². The molecule has 0 bridgehead atoms. The van der Waals surface area contributed by atoms with Crippen LogP contribution >= 0.6 is 11.3 Å². The molecular formula is C13H14FNOS. The van der Waals surface area contributed by atoms with E-state index in [2.05, 4.69) is 16.8 Å². The van der Waals surface area contributed by atoms with E-state index in [4.69, 9.17) is 4.74 Å². The van der Waals surface area contributed by atoms with Gasteiger partial charge in [0.2, 0.25) is 0 Å². The Morgan fingerprint density at radius 1 is 1.35 bits per heavy atom. The van der Waals surface area contributed by atoms with Gasteiger partial charge in [-0.25, -0.2) is 4.39 Å². The van der Waals surface area contributed by atoms with Crippen molar-refractivity contribution in [3.05, 3.63) is 46.4 Å². The average Bonchev–Trinajstić information content (AvgIpc) is 2.84. The van der Waals surface area contributed by atoms with Crippen molar-refractivity contribution < 1.29 is 9.13 Å². The molecule has 2 rings (SSSR count). The number of rotatable bonds is 5. The molecule has 0 aliphatic heterocycles. The number of nitrogens with one attached hydrogen (secondary N) is 1. The third-order valence-electron chi connectivity index (χ3n) is 2.48. The second kappa shape index (κ2) is 5.68. The van der Waals surface area contributed by atoms with Crippen molar-refractivity contribution in [2.75, 3.05) is 19.0 Å². The van der Waals surface area contributed by atoms with Gasteiger partial charge < -0.3 is 10.1 Å². The minimum Gasteiger partial charge on any atom is -0.497 e. The Hall–Kier alpha value is -1.55. The van der Waals surface area contributed by atoms with Gasteiger partial charge in [0.1, 0.15) is 11.6 Å². The number of ether oxygens (including phenoxy) is 1. The molecule has 0 spiro atoms. The van der Waals surface area contributed by atoms with Crippen molar-refractivity contribution in [1.82, 2.24) is 0 Å². The van der Waals surface area contributed by atoms with E-state index < -0.39 is 0 Å². The number of hydrogen-bond donors (Lipinski definition) is 1. The van der Waals surface area contributed by atoms with Crippen LogP contribution in [0.15, 0.2) is 35.0 Å². The first-order valence-corrected chi connectivity index (χ1v) is 6.32. The van der Waals surface area contributed by atoms with Crippen molar-refractivity contribution >= 4 is 17.0 Å². The van der Waals surface area contributed by atoms with Gasteiger partial charge in [0.15, 0.2) is 0 Å². The predicted octanol–water partition coefficient (Wildman–Crippen LogP) is 3.55. The molecule has 2 aromatic rings. The maximum atomic E-state index is 13.5. The molecule has 0 aliphatic carbocycles. The van der Waals surface area contributed by atoms with Gasteiger partial charge in [0.05, 0.1) is 12.8 Å². The molecule has 0 unspecified atom stereocenters. The lowest BCUT2D eigenvalue weighted by Gasteiger charge is -2.08. The van der Waals surface area contributed by atoms with E-state index in [1.165, 1.54) is 11.6 Å². The molecule has 90 valence electrons. The number of anilines is 1. The molecule has 1 N–H and O–H groups in total. The van der Waals surface area contributed by atoms with E-state index in [-0.39, 0.29) is 5.82 Å². The van der Waals surface area contributed by atoms with Crippen molar-refractivity contribution in [1.29, 1.82) is 0 Å². The first-order valence-electron chi connectivity index (χ1n) is 5.38. The van der Waals surface area contributed by atoms with E-state index in [1.807, 2.05) is 5.38 Å². The quantitative estimate of drug-likeness (QED) is 0.877. The lowest BCUT2D eigenvalue weighted by molar-refractivity contribution is 0.414. The summed E-state index contributed by atoms with van der Waals surface area (Å²) in [5.41, 5.74) is 1.75. The van der Waals surface area contributed by atoms with Crippen LogP contribution in [0.5, 0.6) is 5.75 Å². The molecule has 0 amide bonds. The van der Waals surface area contributed by atoms with E-state index in [0.717, 1.165) is 6.42 Å². The molecule has 0 radical (unpaired) electrons. The Morgan fingerprint density at radius 2 is 2.24 bits per heavy atom. The number of benzene rings is 1. The molecule has 0 saturated heterocycles. The topological polar surface area (TPSA) is 21.3 Å². The van der Waals surface area contributed by atoms with Gasteiger partial charge in [0.25, 0.3) is 0 Å². The van der Waals surface area contributed by atoms with E-state index in [1.54, 1.807) is 30.6 Å². The van der Waals surface area contributed by atoms with Crippen LogP contribution in [0.25, 0.3) is 0 Å². The smallest absolute Gasteiger partial charge is 0.146 e. The maximum Gasteiger partial charge on any atom is 0.146 e. The van der Waals surface area contributed by atoms with Gasteiger partial charge in [-0.2, -0.15) is 11.3 Å². The predicted molar refractivity (Wildman–Crippen MR) is 69.5 cm³/mol. The molecule has 0 saturated carbocycles. The van der Waals surface area contributed by atoms with Gasteiger partial charge in [-0.1, -0.05) is 0 Å². The SMILES string of the molecule is COc1ccc(F)c(NCCc2ccsc2)c1. The van der Waals surface area contributed by atoms with Crippen LogP contribution in [0.4, 0.5) is 10.1 Å². The van der Waals surface area contributed by atoms with Crippen molar-refractivity contribution in [2.24, 2.45) is 0 Å². The minimum atomic E-state index is -0.254. The molecule has 17 heavy (non-hydrogen) atoms. The molecule has 2 nitrogen and oxygen atoms in total. The lowest BCUT2D eigenvalue weighted by Crippen LogP contribution is -2.06. The average molecular weight is 251 g/mol. The Bertz CT molecular complexity index is 470. The summed E-state index contributed by atoms with van der Waals surface area (Å²) in [5, 5.41) is 7.22. The number of methoxy groups -OCH3 is 1. The summed E-state index contributed by atoms with van der Waals surface area (Å²) in [6.45, 7) is 0.709. The normalized spacial score (nSPS) is 10.2. The zero-order chi connectivity index (χ0) is 12.1. The second-order valence-corrected chi connectivity index (χ2v) is 4.43. The van der Waals surface area contributed by atoms with Crippen LogP contribution < -0.4 is 10.1 Å². The fourth-order valence-electron chi connectivity index (χ4n) is 1.54. The van der Waals surface area contributed by atoms with Crippen LogP contribution in [0.3, 0.4) is 0 Å². The first kappa shape index (κ1) is 11.9. The number of halogens is 1. The number of hydrogen-bond acceptors (Lipinski definition) is 3. The summed E-state index contributed by atoms with van der Waals surface area (Å²) in [4.78, 5) is 0.